The van der Waals surface area contributed by atoms with Gasteiger partial charge in [-0.2, -0.15) is 0 Å². The Labute approximate surface area is 130 Å². The van der Waals surface area contributed by atoms with Crippen LogP contribution in [0.25, 0.3) is 5.57 Å². The Balaban J connectivity index is 2.78. The number of rotatable bonds is 8. The third-order valence-electron chi connectivity index (χ3n) is 3.60. The fourth-order valence-electron chi connectivity index (χ4n) is 2.39. The Hall–Kier alpha value is -1.38. The Morgan fingerprint density at radius 3 is 2.67 bits per heavy atom. The molecule has 0 aliphatic rings. The van der Waals surface area contributed by atoms with Crippen molar-refractivity contribution in [3.05, 3.63) is 53.1 Å². The molecule has 0 aliphatic heterocycles. The van der Waals surface area contributed by atoms with Crippen LogP contribution in [0.5, 0.6) is 0 Å². The van der Waals surface area contributed by atoms with E-state index in [1.807, 2.05) is 0 Å². The first-order valence-corrected chi connectivity index (χ1v) is 7.72. The van der Waals surface area contributed by atoms with E-state index in [9.17, 15) is 0 Å². The van der Waals surface area contributed by atoms with Gasteiger partial charge in [-0.15, -0.1) is 0 Å². The van der Waals surface area contributed by atoms with Crippen molar-refractivity contribution in [2.75, 3.05) is 33.4 Å². The van der Waals surface area contributed by atoms with Crippen LogP contribution in [0.1, 0.15) is 31.9 Å². The van der Waals surface area contributed by atoms with Crippen molar-refractivity contribution >= 4 is 5.57 Å². The number of allylic oxidation sites excluding steroid dienone is 3. The quantitative estimate of drug-likeness (QED) is 0.660. The fraction of sp³-hybridized carbons (Fsp3) is 0.474. The molecule has 1 rings (SSSR count). The number of benzene rings is 1. The zero-order valence-corrected chi connectivity index (χ0v) is 14.1. The third-order valence-corrected chi connectivity index (χ3v) is 3.60. The molecule has 0 saturated heterocycles. The average Bonchev–Trinajstić information content (AvgIpc) is 2.49. The summed E-state index contributed by atoms with van der Waals surface area (Å²) in [7, 11) is 1.76. The number of aryl methyl sites for hydroxylation is 1. The average molecular weight is 287 g/mol. The molecule has 0 aliphatic carbocycles. The summed E-state index contributed by atoms with van der Waals surface area (Å²) in [6, 6.07) is 8.67. The highest BCUT2D eigenvalue weighted by Crippen LogP contribution is 2.19. The predicted octanol–water partition coefficient (Wildman–Crippen LogP) is 4.31. The highest BCUT2D eigenvalue weighted by atomic mass is 16.5. The molecule has 0 spiro atoms. The fourth-order valence-corrected chi connectivity index (χ4v) is 2.39. The van der Waals surface area contributed by atoms with Crippen LogP contribution >= 0.6 is 0 Å². The van der Waals surface area contributed by atoms with E-state index in [0.717, 1.165) is 26.2 Å². The molecular weight excluding hydrogens is 258 g/mol. The van der Waals surface area contributed by atoms with E-state index in [1.165, 1.54) is 22.3 Å². The minimum atomic E-state index is 0.787. The van der Waals surface area contributed by atoms with Crippen LogP contribution in [0.4, 0.5) is 0 Å². The monoisotopic (exact) mass is 287 g/mol. The maximum absolute atomic E-state index is 5.17. The number of nitrogens with zero attached hydrogens (tertiary/aromatic N) is 1. The summed E-state index contributed by atoms with van der Waals surface area (Å²) >= 11 is 0. The van der Waals surface area contributed by atoms with Crippen LogP contribution < -0.4 is 0 Å². The van der Waals surface area contributed by atoms with E-state index in [2.05, 4.69) is 69.0 Å². The van der Waals surface area contributed by atoms with Crippen molar-refractivity contribution in [1.82, 2.24) is 4.90 Å². The van der Waals surface area contributed by atoms with E-state index in [4.69, 9.17) is 4.74 Å². The van der Waals surface area contributed by atoms with Crippen molar-refractivity contribution in [3.63, 3.8) is 0 Å². The molecule has 0 bridgehead atoms. The van der Waals surface area contributed by atoms with E-state index >= 15 is 0 Å². The van der Waals surface area contributed by atoms with Crippen molar-refractivity contribution < 1.29 is 4.74 Å². The van der Waals surface area contributed by atoms with E-state index in [0.29, 0.717) is 0 Å². The van der Waals surface area contributed by atoms with Crippen LogP contribution in [0.3, 0.4) is 0 Å². The first-order chi connectivity index (χ1) is 10.1. The normalized spacial score (nSPS) is 13.0. The number of hydrogen-bond donors (Lipinski definition) is 0. The van der Waals surface area contributed by atoms with Gasteiger partial charge in [0.05, 0.1) is 6.61 Å². The second-order valence-electron chi connectivity index (χ2n) is 5.47. The van der Waals surface area contributed by atoms with E-state index < -0.39 is 0 Å². The molecule has 21 heavy (non-hydrogen) atoms. The van der Waals surface area contributed by atoms with Gasteiger partial charge in [-0.25, -0.2) is 0 Å². The minimum Gasteiger partial charge on any atom is -0.383 e. The molecule has 0 aromatic heterocycles. The Morgan fingerprint density at radius 1 is 1.33 bits per heavy atom. The Morgan fingerprint density at radius 2 is 2.10 bits per heavy atom. The molecule has 0 amide bonds. The van der Waals surface area contributed by atoms with Gasteiger partial charge in [0, 0.05) is 20.2 Å². The van der Waals surface area contributed by atoms with E-state index in [1.54, 1.807) is 7.11 Å². The lowest BCUT2D eigenvalue weighted by Crippen LogP contribution is -2.28. The van der Waals surface area contributed by atoms with Gasteiger partial charge in [0.25, 0.3) is 0 Å². The standard InChI is InChI=1S/C19H29NO/c1-6-18(19-10-8-9-16(3)13-19)14-17(4)15-20(7-2)11-12-21-5/h6,8-10,13-14H,7,11-12,15H2,1-5H3/b17-14+,18-6+. The third kappa shape index (κ3) is 6.28. The maximum Gasteiger partial charge on any atom is 0.0589 e. The van der Waals surface area contributed by atoms with Gasteiger partial charge in [0.2, 0.25) is 0 Å². The molecule has 0 atom stereocenters. The topological polar surface area (TPSA) is 12.5 Å². The summed E-state index contributed by atoms with van der Waals surface area (Å²) in [6.45, 7) is 12.4. The van der Waals surface area contributed by atoms with Crippen LogP contribution in [0.15, 0.2) is 42.0 Å². The van der Waals surface area contributed by atoms with Gasteiger partial charge in [-0.1, -0.05) is 54.5 Å². The molecule has 0 heterocycles. The van der Waals surface area contributed by atoms with Crippen molar-refractivity contribution in [2.24, 2.45) is 0 Å². The SMILES string of the molecule is C/C=C(\C=C(/C)CN(CC)CCOC)c1cccc(C)c1. The largest absolute Gasteiger partial charge is 0.383 e. The van der Waals surface area contributed by atoms with Gasteiger partial charge in [0.1, 0.15) is 0 Å². The molecule has 1 aromatic carbocycles. The molecule has 1 aromatic rings. The summed E-state index contributed by atoms with van der Waals surface area (Å²) in [6.07, 6.45) is 4.48. The second kappa shape index (κ2) is 9.54. The molecule has 116 valence electrons. The Bertz CT molecular complexity index is 488. The highest BCUT2D eigenvalue weighted by Gasteiger charge is 2.04. The predicted molar refractivity (Wildman–Crippen MR) is 92.6 cm³/mol. The van der Waals surface area contributed by atoms with Gasteiger partial charge in [-0.3, -0.25) is 4.90 Å². The molecule has 0 N–H and O–H groups in total. The summed E-state index contributed by atoms with van der Waals surface area (Å²) < 4.78 is 5.17. The molecule has 0 radical (unpaired) electrons. The lowest BCUT2D eigenvalue weighted by molar-refractivity contribution is 0.156. The van der Waals surface area contributed by atoms with Crippen LogP contribution in [0.2, 0.25) is 0 Å². The van der Waals surface area contributed by atoms with Gasteiger partial charge < -0.3 is 4.74 Å². The molecule has 2 heteroatoms. The van der Waals surface area contributed by atoms with Crippen molar-refractivity contribution in [2.45, 2.75) is 27.7 Å². The zero-order chi connectivity index (χ0) is 15.7. The van der Waals surface area contributed by atoms with Gasteiger partial charge in [0.15, 0.2) is 0 Å². The summed E-state index contributed by atoms with van der Waals surface area (Å²) in [4.78, 5) is 2.40. The van der Waals surface area contributed by atoms with Crippen molar-refractivity contribution in [3.8, 4) is 0 Å². The summed E-state index contributed by atoms with van der Waals surface area (Å²) in [5.41, 5.74) is 5.26. The molecule has 2 nitrogen and oxygen atoms in total. The van der Waals surface area contributed by atoms with Crippen LogP contribution in [0, 0.1) is 6.92 Å². The van der Waals surface area contributed by atoms with E-state index in [-0.39, 0.29) is 0 Å². The number of methoxy groups -OCH3 is 1. The highest BCUT2D eigenvalue weighted by molar-refractivity contribution is 5.74. The lowest BCUT2D eigenvalue weighted by Gasteiger charge is -2.20. The first kappa shape index (κ1) is 17.7. The first-order valence-electron chi connectivity index (χ1n) is 7.72. The number of ether oxygens (including phenoxy) is 1. The Kier molecular flexibility index (Phi) is 8.03. The summed E-state index contributed by atoms with van der Waals surface area (Å²) in [5, 5.41) is 0. The number of likely N-dealkylation sites (N-methyl/N-ethyl adjacent to an activating group) is 1. The summed E-state index contributed by atoms with van der Waals surface area (Å²) in [5.74, 6) is 0. The van der Waals surface area contributed by atoms with Gasteiger partial charge in [-0.05, 0) is 38.5 Å². The van der Waals surface area contributed by atoms with Crippen molar-refractivity contribution in [1.29, 1.82) is 0 Å². The van der Waals surface area contributed by atoms with Crippen LogP contribution in [-0.2, 0) is 4.74 Å². The molecule has 0 fully saturated rings. The second-order valence-corrected chi connectivity index (χ2v) is 5.47. The molecular formula is C19H29NO. The molecule has 0 unspecified atom stereocenters. The van der Waals surface area contributed by atoms with Gasteiger partial charge >= 0.3 is 0 Å². The molecule has 0 saturated carbocycles. The maximum atomic E-state index is 5.17. The zero-order valence-electron chi connectivity index (χ0n) is 14.1. The van der Waals surface area contributed by atoms with Crippen LogP contribution in [-0.4, -0.2) is 38.3 Å². The smallest absolute Gasteiger partial charge is 0.0589 e. The number of hydrogen-bond acceptors (Lipinski definition) is 2. The minimum absolute atomic E-state index is 0.787. The lowest BCUT2D eigenvalue weighted by atomic mass is 10.0.